The van der Waals surface area contributed by atoms with Gasteiger partial charge in [0, 0.05) is 12.0 Å². The van der Waals surface area contributed by atoms with Gasteiger partial charge < -0.3 is 15.3 Å². The molecule has 84 valence electrons. The third kappa shape index (κ3) is 1.70. The van der Waals surface area contributed by atoms with E-state index in [9.17, 15) is 5.11 Å². The van der Waals surface area contributed by atoms with Gasteiger partial charge in [-0.3, -0.25) is 0 Å². The molecule has 0 aliphatic heterocycles. The lowest BCUT2D eigenvalue weighted by Crippen LogP contribution is -2.34. The Labute approximate surface area is 90.3 Å². The Kier molecular flexibility index (Phi) is 2.85. The van der Waals surface area contributed by atoms with Gasteiger partial charge >= 0.3 is 0 Å². The third-order valence-electron chi connectivity index (χ3n) is 3.74. The molecule has 15 heavy (non-hydrogen) atoms. The van der Waals surface area contributed by atoms with Crippen LogP contribution < -0.4 is 5.73 Å². The molecular formula is C12H19NO2. The summed E-state index contributed by atoms with van der Waals surface area (Å²) in [5.74, 6) is 0.697. The largest absolute Gasteiger partial charge is 0.466 e. The maximum Gasteiger partial charge on any atom is 0.135 e. The van der Waals surface area contributed by atoms with Gasteiger partial charge in [-0.2, -0.15) is 0 Å². The lowest BCUT2D eigenvalue weighted by Gasteiger charge is -2.32. The molecule has 1 fully saturated rings. The summed E-state index contributed by atoms with van der Waals surface area (Å²) in [7, 11) is 0. The highest BCUT2D eigenvalue weighted by Crippen LogP contribution is 2.47. The normalized spacial score (nSPS) is 21.8. The van der Waals surface area contributed by atoms with Crippen molar-refractivity contribution in [3.05, 3.63) is 23.7 Å². The average Bonchev–Trinajstić information content (AvgIpc) is 2.86. The zero-order valence-electron chi connectivity index (χ0n) is 9.20. The lowest BCUT2D eigenvalue weighted by molar-refractivity contribution is 0.0160. The number of aliphatic hydroxyl groups is 1. The van der Waals surface area contributed by atoms with Gasteiger partial charge in [0.2, 0.25) is 0 Å². The fraction of sp³-hybridized carbons (Fsp3) is 0.667. The molecule has 0 radical (unpaired) electrons. The quantitative estimate of drug-likeness (QED) is 0.801. The molecule has 3 heteroatoms. The first-order valence-corrected chi connectivity index (χ1v) is 5.62. The van der Waals surface area contributed by atoms with Gasteiger partial charge in [0.25, 0.3) is 0 Å². The van der Waals surface area contributed by atoms with Crippen LogP contribution in [-0.4, -0.2) is 11.7 Å². The summed E-state index contributed by atoms with van der Waals surface area (Å²) in [6.07, 6.45) is 5.42. The molecule has 1 aliphatic carbocycles. The summed E-state index contributed by atoms with van der Waals surface area (Å²) >= 11 is 0. The number of aryl methyl sites for hydroxylation is 1. The van der Waals surface area contributed by atoms with E-state index < -0.39 is 6.10 Å². The van der Waals surface area contributed by atoms with Crippen LogP contribution in [-0.2, 0) is 0 Å². The van der Waals surface area contributed by atoms with Gasteiger partial charge in [-0.25, -0.2) is 0 Å². The highest BCUT2D eigenvalue weighted by atomic mass is 16.4. The minimum Gasteiger partial charge on any atom is -0.466 e. The molecule has 0 amide bonds. The van der Waals surface area contributed by atoms with Crippen LogP contribution in [0.15, 0.2) is 16.7 Å². The molecule has 0 aromatic carbocycles. The SMILES string of the molecule is Cc1ccoc1C(O)C1(CN)CCCC1. The van der Waals surface area contributed by atoms with Crippen LogP contribution in [0.2, 0.25) is 0 Å². The van der Waals surface area contributed by atoms with Crippen LogP contribution in [0.1, 0.15) is 43.1 Å². The summed E-state index contributed by atoms with van der Waals surface area (Å²) in [5.41, 5.74) is 6.69. The van der Waals surface area contributed by atoms with Crippen molar-refractivity contribution in [1.82, 2.24) is 0 Å². The Morgan fingerprint density at radius 3 is 2.67 bits per heavy atom. The summed E-state index contributed by atoms with van der Waals surface area (Å²) in [6.45, 7) is 2.50. The number of furan rings is 1. The summed E-state index contributed by atoms with van der Waals surface area (Å²) in [4.78, 5) is 0. The Morgan fingerprint density at radius 1 is 1.53 bits per heavy atom. The second-order valence-electron chi connectivity index (χ2n) is 4.64. The van der Waals surface area contributed by atoms with Crippen molar-refractivity contribution in [3.63, 3.8) is 0 Å². The van der Waals surface area contributed by atoms with Crippen LogP contribution in [0.25, 0.3) is 0 Å². The molecule has 1 aromatic heterocycles. The molecule has 1 saturated carbocycles. The highest BCUT2D eigenvalue weighted by molar-refractivity contribution is 5.19. The Morgan fingerprint density at radius 2 is 2.20 bits per heavy atom. The van der Waals surface area contributed by atoms with Crippen LogP contribution in [0.3, 0.4) is 0 Å². The fourth-order valence-corrected chi connectivity index (χ4v) is 2.61. The molecule has 1 heterocycles. The van der Waals surface area contributed by atoms with Gasteiger partial charge in [0.05, 0.1) is 6.26 Å². The summed E-state index contributed by atoms with van der Waals surface area (Å²) in [5, 5.41) is 10.4. The number of hydrogen-bond acceptors (Lipinski definition) is 3. The van der Waals surface area contributed by atoms with Crippen molar-refractivity contribution < 1.29 is 9.52 Å². The van der Waals surface area contributed by atoms with Crippen molar-refractivity contribution >= 4 is 0 Å². The number of hydrogen-bond donors (Lipinski definition) is 2. The van der Waals surface area contributed by atoms with Crippen LogP contribution in [0.5, 0.6) is 0 Å². The first-order valence-electron chi connectivity index (χ1n) is 5.62. The highest BCUT2D eigenvalue weighted by Gasteiger charge is 2.41. The Hall–Kier alpha value is -0.800. The smallest absolute Gasteiger partial charge is 0.135 e. The van der Waals surface area contributed by atoms with Crippen molar-refractivity contribution in [1.29, 1.82) is 0 Å². The lowest BCUT2D eigenvalue weighted by atomic mass is 9.79. The second kappa shape index (κ2) is 3.99. The van der Waals surface area contributed by atoms with Crippen molar-refractivity contribution in [2.75, 3.05) is 6.54 Å². The standard InChI is InChI=1S/C12H19NO2/c1-9-4-7-15-10(9)11(14)12(8-13)5-2-3-6-12/h4,7,11,14H,2-3,5-6,8,13H2,1H3. The summed E-state index contributed by atoms with van der Waals surface area (Å²) < 4.78 is 5.36. The average molecular weight is 209 g/mol. The molecular weight excluding hydrogens is 190 g/mol. The molecule has 1 atom stereocenters. The van der Waals surface area contributed by atoms with E-state index in [2.05, 4.69) is 0 Å². The predicted octanol–water partition coefficient (Wildman–Crippen LogP) is 2.14. The van der Waals surface area contributed by atoms with Crippen LogP contribution in [0, 0.1) is 12.3 Å². The van der Waals surface area contributed by atoms with Gasteiger partial charge in [-0.1, -0.05) is 12.8 Å². The van der Waals surface area contributed by atoms with Gasteiger partial charge in [0.1, 0.15) is 11.9 Å². The van der Waals surface area contributed by atoms with Gasteiger partial charge in [-0.15, -0.1) is 0 Å². The maximum atomic E-state index is 10.4. The molecule has 1 aliphatic rings. The van der Waals surface area contributed by atoms with E-state index in [1.807, 2.05) is 13.0 Å². The van der Waals surface area contributed by atoms with E-state index in [1.54, 1.807) is 6.26 Å². The van der Waals surface area contributed by atoms with E-state index >= 15 is 0 Å². The van der Waals surface area contributed by atoms with E-state index in [0.29, 0.717) is 12.3 Å². The minimum atomic E-state index is -0.542. The summed E-state index contributed by atoms with van der Waals surface area (Å²) in [6, 6.07) is 1.89. The number of nitrogens with two attached hydrogens (primary N) is 1. The molecule has 0 saturated heterocycles. The predicted molar refractivity (Wildman–Crippen MR) is 58.4 cm³/mol. The van der Waals surface area contributed by atoms with Gasteiger partial charge in [0.15, 0.2) is 0 Å². The van der Waals surface area contributed by atoms with Crippen molar-refractivity contribution in [2.45, 2.75) is 38.7 Å². The van der Waals surface area contributed by atoms with E-state index in [1.165, 1.54) is 0 Å². The van der Waals surface area contributed by atoms with E-state index in [0.717, 1.165) is 31.2 Å². The molecule has 0 spiro atoms. The monoisotopic (exact) mass is 209 g/mol. The fourth-order valence-electron chi connectivity index (χ4n) is 2.61. The first-order chi connectivity index (χ1) is 7.19. The molecule has 1 aromatic rings. The minimum absolute atomic E-state index is 0.150. The van der Waals surface area contributed by atoms with E-state index in [4.69, 9.17) is 10.2 Å². The topological polar surface area (TPSA) is 59.4 Å². The zero-order chi connectivity index (χ0) is 10.9. The molecule has 3 N–H and O–H groups in total. The van der Waals surface area contributed by atoms with Crippen molar-refractivity contribution in [3.8, 4) is 0 Å². The van der Waals surface area contributed by atoms with E-state index in [-0.39, 0.29) is 5.41 Å². The Bertz CT molecular complexity index is 326. The zero-order valence-corrected chi connectivity index (χ0v) is 9.20. The van der Waals surface area contributed by atoms with Crippen molar-refractivity contribution in [2.24, 2.45) is 11.1 Å². The third-order valence-corrected chi connectivity index (χ3v) is 3.74. The number of aliphatic hydroxyl groups excluding tert-OH is 1. The first kappa shape index (κ1) is 10.7. The molecule has 1 unspecified atom stereocenters. The molecule has 3 nitrogen and oxygen atoms in total. The molecule has 0 bridgehead atoms. The molecule has 2 rings (SSSR count). The van der Waals surface area contributed by atoms with Gasteiger partial charge in [-0.05, 0) is 31.4 Å². The van der Waals surface area contributed by atoms with Crippen LogP contribution in [0.4, 0.5) is 0 Å². The Balaban J connectivity index is 2.26. The second-order valence-corrected chi connectivity index (χ2v) is 4.64. The van der Waals surface area contributed by atoms with Crippen LogP contribution >= 0.6 is 0 Å². The maximum absolute atomic E-state index is 10.4. The number of rotatable bonds is 3.